The topological polar surface area (TPSA) is 96.9 Å². The average Bonchev–Trinajstić information content (AvgIpc) is 2.62. The van der Waals surface area contributed by atoms with Crippen LogP contribution in [0.25, 0.3) is 0 Å². The number of likely N-dealkylation sites (tertiary alicyclic amines) is 1. The van der Waals surface area contributed by atoms with Crippen molar-refractivity contribution < 1.29 is 9.90 Å². The number of carbonyl (C=O) groups is 1. The van der Waals surface area contributed by atoms with Gasteiger partial charge in [-0.05, 0) is 47.0 Å². The van der Waals surface area contributed by atoms with Gasteiger partial charge in [0.15, 0.2) is 0 Å². The van der Waals surface area contributed by atoms with Crippen molar-refractivity contribution >= 4 is 33.4 Å². The number of hydrogen-bond acceptors (Lipinski definition) is 5. The van der Waals surface area contributed by atoms with Crippen LogP contribution in [-0.4, -0.2) is 78.6 Å². The molecule has 4 N–H and O–H groups in total. The summed E-state index contributed by atoms with van der Waals surface area (Å²) in [4.78, 5) is 17.8. The number of piperazine rings is 1. The normalized spacial score (nSPS) is 20.3. The molecule has 2 fully saturated rings. The highest BCUT2D eigenvalue weighted by Gasteiger charge is 2.28. The molecule has 0 bridgehead atoms. The van der Waals surface area contributed by atoms with Crippen LogP contribution in [0.5, 0.6) is 0 Å². The number of hydrogen-bond donors (Lipinski definition) is 3. The van der Waals surface area contributed by atoms with Gasteiger partial charge in [-0.25, -0.2) is 0 Å². The van der Waals surface area contributed by atoms with Crippen molar-refractivity contribution in [2.24, 2.45) is 5.73 Å². The van der Waals surface area contributed by atoms with Crippen molar-refractivity contribution in [2.45, 2.75) is 18.9 Å². The number of amidine groups is 1. The lowest BCUT2D eigenvalue weighted by molar-refractivity contribution is -0.138. The second kappa shape index (κ2) is 8.37. The number of rotatable bonds is 5. The fraction of sp³-hybridized carbons (Fsp3) is 0.556. The molecule has 0 radical (unpaired) electrons. The van der Waals surface area contributed by atoms with Gasteiger partial charge in [0.2, 0.25) is 0 Å². The average molecular weight is 424 g/mol. The fourth-order valence-corrected chi connectivity index (χ4v) is 4.52. The quantitative estimate of drug-likeness (QED) is 0.489. The minimum Gasteiger partial charge on any atom is -0.480 e. The molecule has 2 saturated heterocycles. The van der Waals surface area contributed by atoms with E-state index in [9.17, 15) is 4.79 Å². The van der Waals surface area contributed by atoms with Gasteiger partial charge in [0, 0.05) is 55.3 Å². The van der Waals surface area contributed by atoms with Gasteiger partial charge in [0.25, 0.3) is 0 Å². The summed E-state index contributed by atoms with van der Waals surface area (Å²) < 4.78 is 0.973. The van der Waals surface area contributed by atoms with E-state index in [1.807, 2.05) is 23.1 Å². The molecule has 1 aromatic carbocycles. The van der Waals surface area contributed by atoms with E-state index in [4.69, 9.17) is 16.2 Å². The van der Waals surface area contributed by atoms with Crippen LogP contribution in [-0.2, 0) is 4.79 Å². The summed E-state index contributed by atoms with van der Waals surface area (Å²) >= 11 is 3.61. The first-order valence-corrected chi connectivity index (χ1v) is 9.80. The van der Waals surface area contributed by atoms with Crippen LogP contribution in [0.2, 0.25) is 0 Å². The minimum absolute atomic E-state index is 0.0799. The summed E-state index contributed by atoms with van der Waals surface area (Å²) in [6.07, 6.45) is 2.09. The number of piperidine rings is 1. The van der Waals surface area contributed by atoms with Gasteiger partial charge in [-0.2, -0.15) is 0 Å². The molecule has 0 aliphatic carbocycles. The van der Waals surface area contributed by atoms with Crippen LogP contribution in [0.1, 0.15) is 18.4 Å². The Labute approximate surface area is 162 Å². The van der Waals surface area contributed by atoms with Crippen molar-refractivity contribution in [1.29, 1.82) is 5.41 Å². The highest BCUT2D eigenvalue weighted by Crippen LogP contribution is 2.29. The number of carboxylic acid groups (broad SMARTS) is 1. The first kappa shape index (κ1) is 19.1. The van der Waals surface area contributed by atoms with E-state index in [1.54, 1.807) is 0 Å². The van der Waals surface area contributed by atoms with Crippen LogP contribution in [0, 0.1) is 5.41 Å². The van der Waals surface area contributed by atoms with Gasteiger partial charge in [0.1, 0.15) is 5.84 Å². The number of anilines is 1. The third-order valence-corrected chi connectivity index (χ3v) is 5.98. The van der Waals surface area contributed by atoms with E-state index in [2.05, 4.69) is 25.7 Å². The van der Waals surface area contributed by atoms with E-state index < -0.39 is 5.97 Å². The standard InChI is InChI=1S/C18H26BrN5O2/c19-15-11-13(18(20)21)1-2-16(15)24-9-7-23(8-10-24)14-3-5-22(6-4-14)12-17(25)26/h1-2,11,14H,3-10,12H2,(H3,20,21)(H,25,26). The maximum atomic E-state index is 10.8. The smallest absolute Gasteiger partial charge is 0.317 e. The van der Waals surface area contributed by atoms with Crippen LogP contribution < -0.4 is 10.6 Å². The molecule has 0 saturated carbocycles. The van der Waals surface area contributed by atoms with Crippen LogP contribution in [0.3, 0.4) is 0 Å². The van der Waals surface area contributed by atoms with Crippen molar-refractivity contribution in [1.82, 2.24) is 9.80 Å². The largest absolute Gasteiger partial charge is 0.480 e. The molecule has 3 rings (SSSR count). The molecule has 0 atom stereocenters. The van der Waals surface area contributed by atoms with E-state index >= 15 is 0 Å². The number of carboxylic acids is 1. The Morgan fingerprint density at radius 3 is 2.38 bits per heavy atom. The molecule has 26 heavy (non-hydrogen) atoms. The molecule has 1 aromatic rings. The maximum Gasteiger partial charge on any atom is 0.317 e. The van der Waals surface area contributed by atoms with Gasteiger partial charge in [-0.15, -0.1) is 0 Å². The predicted molar refractivity (Wildman–Crippen MR) is 106 cm³/mol. The van der Waals surface area contributed by atoms with Gasteiger partial charge >= 0.3 is 5.97 Å². The zero-order valence-electron chi connectivity index (χ0n) is 14.8. The van der Waals surface area contributed by atoms with Gasteiger partial charge in [-0.3, -0.25) is 20.0 Å². The number of benzene rings is 1. The summed E-state index contributed by atoms with van der Waals surface area (Å²) in [7, 11) is 0. The number of nitrogens with one attached hydrogen (secondary N) is 1. The maximum absolute atomic E-state index is 10.8. The molecule has 0 spiro atoms. The molecule has 0 amide bonds. The first-order chi connectivity index (χ1) is 12.4. The van der Waals surface area contributed by atoms with Crippen molar-refractivity contribution in [3.63, 3.8) is 0 Å². The summed E-state index contributed by atoms with van der Waals surface area (Å²) in [6.45, 7) is 5.87. The molecule has 142 valence electrons. The van der Waals surface area contributed by atoms with Gasteiger partial charge in [-0.1, -0.05) is 0 Å². The number of nitrogen functional groups attached to an aromatic ring is 1. The van der Waals surface area contributed by atoms with Crippen LogP contribution in [0.4, 0.5) is 5.69 Å². The Morgan fingerprint density at radius 1 is 1.19 bits per heavy atom. The molecule has 0 unspecified atom stereocenters. The van der Waals surface area contributed by atoms with E-state index in [-0.39, 0.29) is 12.4 Å². The number of aliphatic carboxylic acids is 1. The third-order valence-electron chi connectivity index (χ3n) is 5.35. The lowest BCUT2D eigenvalue weighted by atomic mass is 10.0. The lowest BCUT2D eigenvalue weighted by Crippen LogP contribution is -2.53. The van der Waals surface area contributed by atoms with E-state index in [1.165, 1.54) is 0 Å². The molecule has 7 nitrogen and oxygen atoms in total. The summed E-state index contributed by atoms with van der Waals surface area (Å²) in [6, 6.07) is 6.39. The molecular weight excluding hydrogens is 398 g/mol. The first-order valence-electron chi connectivity index (χ1n) is 9.01. The Hall–Kier alpha value is -1.64. The third kappa shape index (κ3) is 4.55. The highest BCUT2D eigenvalue weighted by atomic mass is 79.9. The molecule has 0 aromatic heterocycles. The Kier molecular flexibility index (Phi) is 6.16. The highest BCUT2D eigenvalue weighted by molar-refractivity contribution is 9.10. The molecule has 2 heterocycles. The van der Waals surface area contributed by atoms with E-state index in [0.29, 0.717) is 6.04 Å². The second-order valence-corrected chi connectivity index (χ2v) is 7.86. The Morgan fingerprint density at radius 2 is 1.85 bits per heavy atom. The minimum atomic E-state index is -0.738. The Bertz CT molecular complexity index is 668. The lowest BCUT2D eigenvalue weighted by Gasteiger charge is -2.43. The SMILES string of the molecule is N=C(N)c1ccc(N2CCN(C3CCN(CC(=O)O)CC3)CC2)c(Br)c1. The van der Waals surface area contributed by atoms with Gasteiger partial charge in [0.05, 0.1) is 12.2 Å². The zero-order chi connectivity index (χ0) is 18.7. The second-order valence-electron chi connectivity index (χ2n) is 7.00. The molecular formula is C18H26BrN5O2. The number of halogens is 1. The van der Waals surface area contributed by atoms with Crippen LogP contribution in [0.15, 0.2) is 22.7 Å². The van der Waals surface area contributed by atoms with Crippen molar-refractivity contribution in [2.75, 3.05) is 50.7 Å². The summed E-state index contributed by atoms with van der Waals surface area (Å²) in [5.41, 5.74) is 7.43. The predicted octanol–water partition coefficient (Wildman–Crippen LogP) is 1.40. The molecule has 2 aliphatic heterocycles. The van der Waals surface area contributed by atoms with Crippen LogP contribution >= 0.6 is 15.9 Å². The van der Waals surface area contributed by atoms with Gasteiger partial charge < -0.3 is 15.7 Å². The summed E-state index contributed by atoms with van der Waals surface area (Å²) in [5, 5.41) is 16.4. The fourth-order valence-electron chi connectivity index (χ4n) is 3.89. The van der Waals surface area contributed by atoms with Crippen molar-refractivity contribution in [3.8, 4) is 0 Å². The molecule has 8 heteroatoms. The number of nitrogens with zero attached hydrogens (tertiary/aromatic N) is 3. The van der Waals surface area contributed by atoms with E-state index in [0.717, 1.165) is 67.8 Å². The summed E-state index contributed by atoms with van der Waals surface area (Å²) in [5.74, 6) is -0.658. The Balaban J connectivity index is 1.52. The van der Waals surface area contributed by atoms with Crippen molar-refractivity contribution in [3.05, 3.63) is 28.2 Å². The molecule has 2 aliphatic rings. The number of nitrogens with two attached hydrogens (primary N) is 1. The monoisotopic (exact) mass is 423 g/mol. The zero-order valence-corrected chi connectivity index (χ0v) is 16.4.